The predicted octanol–water partition coefficient (Wildman–Crippen LogP) is 4.87. The van der Waals surface area contributed by atoms with Gasteiger partial charge in [-0.25, -0.2) is 0 Å². The van der Waals surface area contributed by atoms with Crippen molar-refractivity contribution in [2.45, 2.75) is 38.5 Å². The van der Waals surface area contributed by atoms with Gasteiger partial charge in [0.2, 0.25) is 0 Å². The van der Waals surface area contributed by atoms with Crippen LogP contribution in [0.2, 0.25) is 0 Å². The van der Waals surface area contributed by atoms with Crippen molar-refractivity contribution in [1.82, 2.24) is 5.06 Å². The molecule has 21 heavy (non-hydrogen) atoms. The lowest BCUT2D eigenvalue weighted by atomic mass is 10.0. The predicted molar refractivity (Wildman–Crippen MR) is 73.2 cm³/mol. The Morgan fingerprint density at radius 2 is 1.81 bits per heavy atom. The van der Waals surface area contributed by atoms with E-state index in [1.54, 1.807) is 5.06 Å². The topological polar surface area (TPSA) is 12.5 Å². The van der Waals surface area contributed by atoms with Crippen LogP contribution in [0.5, 0.6) is 0 Å². The molecule has 0 aromatic heterocycles. The van der Waals surface area contributed by atoms with Crippen LogP contribution in [0.3, 0.4) is 0 Å². The highest BCUT2D eigenvalue weighted by Gasteiger charge is 2.54. The SMILES string of the molecule is CC1(C)CC1N1OC=C(Cl)C1c1ccc(C(F)(F)F)cc1. The summed E-state index contributed by atoms with van der Waals surface area (Å²) in [5.41, 5.74) is 0.174. The van der Waals surface area contributed by atoms with E-state index in [2.05, 4.69) is 13.8 Å². The Hall–Kier alpha value is -1.20. The van der Waals surface area contributed by atoms with Gasteiger partial charge in [-0.05, 0) is 29.5 Å². The zero-order valence-electron chi connectivity index (χ0n) is 11.6. The number of halogens is 4. The van der Waals surface area contributed by atoms with Crippen LogP contribution < -0.4 is 0 Å². The number of hydroxylamine groups is 2. The van der Waals surface area contributed by atoms with E-state index in [0.717, 1.165) is 18.6 Å². The minimum atomic E-state index is -4.33. The zero-order valence-corrected chi connectivity index (χ0v) is 12.4. The third kappa shape index (κ3) is 2.64. The van der Waals surface area contributed by atoms with Crippen LogP contribution in [0.15, 0.2) is 35.6 Å². The molecule has 1 fully saturated rings. The monoisotopic (exact) mass is 317 g/mol. The molecule has 0 amide bonds. The fourth-order valence-corrected chi connectivity index (χ4v) is 2.91. The molecule has 6 heteroatoms. The summed E-state index contributed by atoms with van der Waals surface area (Å²) in [5, 5.41) is 2.27. The molecule has 0 N–H and O–H groups in total. The molecular formula is C15H15ClF3NO. The van der Waals surface area contributed by atoms with Gasteiger partial charge in [-0.15, -0.1) is 5.06 Å². The minimum Gasteiger partial charge on any atom is -0.411 e. The van der Waals surface area contributed by atoms with Crippen LogP contribution in [0, 0.1) is 5.41 Å². The van der Waals surface area contributed by atoms with Gasteiger partial charge in [0.25, 0.3) is 0 Å². The molecule has 1 aromatic rings. The van der Waals surface area contributed by atoms with E-state index in [-0.39, 0.29) is 17.5 Å². The van der Waals surface area contributed by atoms with Crippen LogP contribution in [0.4, 0.5) is 13.2 Å². The van der Waals surface area contributed by atoms with Gasteiger partial charge < -0.3 is 4.84 Å². The highest BCUT2D eigenvalue weighted by molar-refractivity contribution is 6.30. The third-order valence-corrected chi connectivity index (χ3v) is 4.42. The van der Waals surface area contributed by atoms with Crippen molar-refractivity contribution in [3.8, 4) is 0 Å². The fraction of sp³-hybridized carbons (Fsp3) is 0.467. The average molecular weight is 318 g/mol. The number of hydrogen-bond donors (Lipinski definition) is 0. The van der Waals surface area contributed by atoms with E-state index in [1.807, 2.05) is 0 Å². The van der Waals surface area contributed by atoms with Crippen LogP contribution in [0.25, 0.3) is 0 Å². The highest BCUT2D eigenvalue weighted by Crippen LogP contribution is 2.54. The summed E-state index contributed by atoms with van der Waals surface area (Å²) in [6.45, 7) is 4.24. The number of benzene rings is 1. The molecule has 1 aromatic carbocycles. The van der Waals surface area contributed by atoms with Crippen LogP contribution in [-0.2, 0) is 11.0 Å². The quantitative estimate of drug-likeness (QED) is 0.771. The first-order chi connectivity index (χ1) is 9.70. The summed E-state index contributed by atoms with van der Waals surface area (Å²) in [6.07, 6.45) is -1.90. The largest absolute Gasteiger partial charge is 0.416 e. The van der Waals surface area contributed by atoms with E-state index >= 15 is 0 Å². The molecule has 1 saturated carbocycles. The summed E-state index contributed by atoms with van der Waals surface area (Å²) >= 11 is 6.17. The van der Waals surface area contributed by atoms with Crippen molar-refractivity contribution < 1.29 is 18.0 Å². The van der Waals surface area contributed by atoms with Gasteiger partial charge in [-0.2, -0.15) is 13.2 Å². The number of rotatable bonds is 2. The Kier molecular flexibility index (Phi) is 3.26. The Balaban J connectivity index is 1.86. The molecule has 114 valence electrons. The maximum absolute atomic E-state index is 12.6. The zero-order chi connectivity index (χ0) is 15.4. The molecule has 2 nitrogen and oxygen atoms in total. The molecule has 0 saturated heterocycles. The molecule has 1 aliphatic heterocycles. The van der Waals surface area contributed by atoms with Crippen LogP contribution in [-0.4, -0.2) is 11.1 Å². The third-order valence-electron chi connectivity index (χ3n) is 4.13. The molecule has 2 unspecified atom stereocenters. The molecule has 3 rings (SSSR count). The lowest BCUT2D eigenvalue weighted by Gasteiger charge is -2.25. The standard InChI is InChI=1S/C15H15ClF3NO/c1-14(2)7-12(14)20-13(11(16)8-21-20)9-3-5-10(6-4-9)15(17,18)19/h3-6,8,12-13H,7H2,1-2H3. The first-order valence-corrected chi connectivity index (χ1v) is 7.06. The molecular weight excluding hydrogens is 303 g/mol. The van der Waals surface area contributed by atoms with Crippen molar-refractivity contribution in [1.29, 1.82) is 0 Å². The van der Waals surface area contributed by atoms with E-state index in [0.29, 0.717) is 10.6 Å². The van der Waals surface area contributed by atoms with Crippen LogP contribution >= 0.6 is 11.6 Å². The average Bonchev–Trinajstić information content (AvgIpc) is 2.85. The normalized spacial score (nSPS) is 28.2. The van der Waals surface area contributed by atoms with Gasteiger partial charge in [0.1, 0.15) is 12.3 Å². The smallest absolute Gasteiger partial charge is 0.411 e. The van der Waals surface area contributed by atoms with Gasteiger partial charge in [0.15, 0.2) is 0 Å². The molecule has 0 spiro atoms. The Morgan fingerprint density at radius 3 is 2.29 bits per heavy atom. The summed E-state index contributed by atoms with van der Waals surface area (Å²) in [7, 11) is 0. The summed E-state index contributed by atoms with van der Waals surface area (Å²) in [4.78, 5) is 5.51. The second-order valence-corrected chi connectivity index (χ2v) is 6.64. The van der Waals surface area contributed by atoms with Crippen molar-refractivity contribution >= 4 is 11.6 Å². The Morgan fingerprint density at radius 1 is 1.24 bits per heavy atom. The maximum atomic E-state index is 12.6. The van der Waals surface area contributed by atoms with Gasteiger partial charge in [0, 0.05) is 0 Å². The first kappa shape index (κ1) is 14.7. The van der Waals surface area contributed by atoms with Crippen molar-refractivity contribution in [3.63, 3.8) is 0 Å². The summed E-state index contributed by atoms with van der Waals surface area (Å²) < 4.78 is 37.9. The summed E-state index contributed by atoms with van der Waals surface area (Å²) in [6, 6.07) is 4.96. The maximum Gasteiger partial charge on any atom is 0.416 e. The molecule has 0 bridgehead atoms. The second-order valence-electron chi connectivity index (χ2n) is 6.20. The first-order valence-electron chi connectivity index (χ1n) is 6.68. The number of alkyl halides is 3. The van der Waals surface area contributed by atoms with Gasteiger partial charge >= 0.3 is 6.18 Å². The van der Waals surface area contributed by atoms with Gasteiger partial charge in [-0.1, -0.05) is 37.6 Å². The lowest BCUT2D eigenvalue weighted by molar-refractivity contribution is -0.137. The summed E-state index contributed by atoms with van der Waals surface area (Å²) in [5.74, 6) is 0. The van der Waals surface area contributed by atoms with E-state index in [1.165, 1.54) is 18.4 Å². The molecule has 2 atom stereocenters. The van der Waals surface area contributed by atoms with Crippen molar-refractivity contribution in [3.05, 3.63) is 46.7 Å². The van der Waals surface area contributed by atoms with Crippen molar-refractivity contribution in [2.75, 3.05) is 0 Å². The minimum absolute atomic E-state index is 0.138. The van der Waals surface area contributed by atoms with Gasteiger partial charge in [-0.3, -0.25) is 0 Å². The molecule has 1 aliphatic carbocycles. The molecule has 2 aliphatic rings. The van der Waals surface area contributed by atoms with E-state index in [4.69, 9.17) is 16.4 Å². The Bertz CT molecular complexity index is 580. The molecule has 0 radical (unpaired) electrons. The number of hydrogen-bond acceptors (Lipinski definition) is 2. The number of nitrogens with zero attached hydrogens (tertiary/aromatic N) is 1. The van der Waals surface area contributed by atoms with Crippen LogP contribution in [0.1, 0.15) is 37.4 Å². The van der Waals surface area contributed by atoms with Crippen molar-refractivity contribution in [2.24, 2.45) is 5.41 Å². The van der Waals surface area contributed by atoms with Gasteiger partial charge in [0.05, 0.1) is 16.6 Å². The fourth-order valence-electron chi connectivity index (χ4n) is 2.65. The Labute approximate surface area is 126 Å². The highest BCUT2D eigenvalue weighted by atomic mass is 35.5. The van der Waals surface area contributed by atoms with E-state index < -0.39 is 11.7 Å². The van der Waals surface area contributed by atoms with E-state index in [9.17, 15) is 13.2 Å². The lowest BCUT2D eigenvalue weighted by Crippen LogP contribution is -2.28. The molecule has 1 heterocycles. The second kappa shape index (κ2) is 4.65.